The standard InChI is InChI=1S/C21H21N3O2/c1-14-7-4-10-16(13-14)23-19(25)21(2,3)20(26)24-17-11-5-8-15-9-6-12-22-18(15)17/h4-13H,1-3H3,(H,23,25)(H,24,26). The number of para-hydroxylation sites is 1. The molecule has 5 nitrogen and oxygen atoms in total. The summed E-state index contributed by atoms with van der Waals surface area (Å²) in [6.45, 7) is 5.15. The minimum Gasteiger partial charge on any atom is -0.325 e. The molecule has 2 aromatic carbocycles. The predicted molar refractivity (Wildman–Crippen MR) is 104 cm³/mol. The third-order valence-electron chi connectivity index (χ3n) is 4.29. The van der Waals surface area contributed by atoms with Gasteiger partial charge in [-0.15, -0.1) is 0 Å². The summed E-state index contributed by atoms with van der Waals surface area (Å²) in [7, 11) is 0. The van der Waals surface area contributed by atoms with E-state index in [0.717, 1.165) is 10.9 Å². The maximum absolute atomic E-state index is 12.8. The predicted octanol–water partition coefficient (Wildman–Crippen LogP) is 4.15. The molecule has 0 spiro atoms. The number of carbonyl (C=O) groups is 2. The second kappa shape index (κ2) is 6.96. The van der Waals surface area contributed by atoms with E-state index < -0.39 is 5.41 Å². The highest BCUT2D eigenvalue weighted by Gasteiger charge is 2.36. The molecule has 0 bridgehead atoms. The molecule has 2 N–H and O–H groups in total. The van der Waals surface area contributed by atoms with Crippen molar-refractivity contribution in [2.45, 2.75) is 20.8 Å². The van der Waals surface area contributed by atoms with Crippen LogP contribution in [0.4, 0.5) is 11.4 Å². The molecule has 0 aliphatic carbocycles. The summed E-state index contributed by atoms with van der Waals surface area (Å²) in [5, 5.41) is 6.58. The molecular formula is C21H21N3O2. The van der Waals surface area contributed by atoms with E-state index >= 15 is 0 Å². The second-order valence-corrected chi connectivity index (χ2v) is 6.78. The van der Waals surface area contributed by atoms with Crippen LogP contribution in [0.2, 0.25) is 0 Å². The van der Waals surface area contributed by atoms with Gasteiger partial charge in [0.2, 0.25) is 11.8 Å². The Hall–Kier alpha value is -3.21. The first-order chi connectivity index (χ1) is 12.4. The lowest BCUT2D eigenvalue weighted by molar-refractivity contribution is -0.135. The molecule has 26 heavy (non-hydrogen) atoms. The molecule has 0 aliphatic heterocycles. The van der Waals surface area contributed by atoms with Crippen LogP contribution in [-0.4, -0.2) is 16.8 Å². The number of amides is 2. The monoisotopic (exact) mass is 347 g/mol. The van der Waals surface area contributed by atoms with Crippen LogP contribution in [-0.2, 0) is 9.59 Å². The summed E-state index contributed by atoms with van der Waals surface area (Å²) in [5.74, 6) is -0.755. The minimum atomic E-state index is -1.25. The third kappa shape index (κ3) is 3.57. The number of hydrogen-bond donors (Lipinski definition) is 2. The Kier molecular flexibility index (Phi) is 4.71. The Balaban J connectivity index is 1.80. The van der Waals surface area contributed by atoms with Crippen molar-refractivity contribution >= 4 is 34.1 Å². The summed E-state index contributed by atoms with van der Waals surface area (Å²) in [6, 6.07) is 16.8. The smallest absolute Gasteiger partial charge is 0.239 e. The van der Waals surface area contributed by atoms with Gasteiger partial charge in [0.05, 0.1) is 11.2 Å². The number of fused-ring (bicyclic) bond motifs is 1. The molecule has 0 fully saturated rings. The van der Waals surface area contributed by atoms with Gasteiger partial charge in [-0.25, -0.2) is 0 Å². The van der Waals surface area contributed by atoms with Crippen molar-refractivity contribution in [1.29, 1.82) is 0 Å². The Bertz CT molecular complexity index is 974. The maximum Gasteiger partial charge on any atom is 0.239 e. The highest BCUT2D eigenvalue weighted by Crippen LogP contribution is 2.25. The maximum atomic E-state index is 12.8. The van der Waals surface area contributed by atoms with Gasteiger partial charge in [-0.1, -0.05) is 30.3 Å². The molecule has 0 aliphatic rings. The van der Waals surface area contributed by atoms with Gasteiger partial charge in [-0.05, 0) is 50.6 Å². The number of aryl methyl sites for hydroxylation is 1. The lowest BCUT2D eigenvalue weighted by Crippen LogP contribution is -2.41. The number of carbonyl (C=O) groups excluding carboxylic acids is 2. The summed E-state index contributed by atoms with van der Waals surface area (Å²) in [4.78, 5) is 29.8. The molecule has 1 heterocycles. The topological polar surface area (TPSA) is 71.1 Å². The minimum absolute atomic E-state index is 0.367. The van der Waals surface area contributed by atoms with Crippen molar-refractivity contribution in [3.8, 4) is 0 Å². The zero-order chi connectivity index (χ0) is 18.7. The zero-order valence-electron chi connectivity index (χ0n) is 15.0. The number of nitrogens with zero attached hydrogens (tertiary/aromatic N) is 1. The van der Waals surface area contributed by atoms with Crippen LogP contribution in [0.5, 0.6) is 0 Å². The van der Waals surface area contributed by atoms with Gasteiger partial charge in [0.25, 0.3) is 0 Å². The fourth-order valence-corrected chi connectivity index (χ4v) is 2.60. The number of aromatic nitrogens is 1. The van der Waals surface area contributed by atoms with Crippen LogP contribution in [0.1, 0.15) is 19.4 Å². The first-order valence-electron chi connectivity index (χ1n) is 8.41. The molecular weight excluding hydrogens is 326 g/mol. The fraction of sp³-hybridized carbons (Fsp3) is 0.190. The molecule has 0 saturated heterocycles. The van der Waals surface area contributed by atoms with Crippen LogP contribution in [0.25, 0.3) is 10.9 Å². The van der Waals surface area contributed by atoms with Crippen molar-refractivity contribution in [2.75, 3.05) is 10.6 Å². The lowest BCUT2D eigenvalue weighted by Gasteiger charge is -2.23. The van der Waals surface area contributed by atoms with E-state index in [0.29, 0.717) is 16.9 Å². The highest BCUT2D eigenvalue weighted by molar-refractivity contribution is 6.15. The van der Waals surface area contributed by atoms with Crippen LogP contribution < -0.4 is 10.6 Å². The molecule has 3 rings (SSSR count). The molecule has 0 saturated carbocycles. The molecule has 0 atom stereocenters. The number of anilines is 2. The average Bonchev–Trinajstić information content (AvgIpc) is 2.62. The SMILES string of the molecule is Cc1cccc(NC(=O)C(C)(C)C(=O)Nc2cccc3cccnc23)c1. The normalized spacial score (nSPS) is 11.2. The molecule has 132 valence electrons. The number of hydrogen-bond acceptors (Lipinski definition) is 3. The van der Waals surface area contributed by atoms with Crippen molar-refractivity contribution in [2.24, 2.45) is 5.41 Å². The number of benzene rings is 2. The molecule has 1 aromatic heterocycles. The van der Waals surface area contributed by atoms with Gasteiger partial charge in [-0.2, -0.15) is 0 Å². The van der Waals surface area contributed by atoms with E-state index in [1.807, 2.05) is 49.4 Å². The first kappa shape index (κ1) is 17.6. The van der Waals surface area contributed by atoms with Gasteiger partial charge in [-0.3, -0.25) is 14.6 Å². The van der Waals surface area contributed by atoms with Crippen LogP contribution in [0, 0.1) is 12.3 Å². The van der Waals surface area contributed by atoms with Gasteiger partial charge in [0, 0.05) is 17.3 Å². The molecule has 0 unspecified atom stereocenters. The van der Waals surface area contributed by atoms with Gasteiger partial charge >= 0.3 is 0 Å². The van der Waals surface area contributed by atoms with Gasteiger partial charge in [0.15, 0.2) is 0 Å². The highest BCUT2D eigenvalue weighted by atomic mass is 16.2. The Morgan fingerprint density at radius 1 is 0.923 bits per heavy atom. The number of nitrogens with one attached hydrogen (secondary N) is 2. The molecule has 5 heteroatoms. The van der Waals surface area contributed by atoms with Crippen molar-refractivity contribution in [3.63, 3.8) is 0 Å². The largest absolute Gasteiger partial charge is 0.325 e. The number of rotatable bonds is 4. The fourth-order valence-electron chi connectivity index (χ4n) is 2.60. The summed E-state index contributed by atoms with van der Waals surface area (Å²) in [5.41, 5.74) is 1.73. The summed E-state index contributed by atoms with van der Waals surface area (Å²) < 4.78 is 0. The van der Waals surface area contributed by atoms with E-state index in [4.69, 9.17) is 0 Å². The quantitative estimate of drug-likeness (QED) is 0.697. The Morgan fingerprint density at radius 3 is 2.38 bits per heavy atom. The van der Waals surface area contributed by atoms with Crippen LogP contribution in [0.15, 0.2) is 60.8 Å². The molecule has 2 amide bonds. The van der Waals surface area contributed by atoms with Crippen molar-refractivity contribution < 1.29 is 9.59 Å². The third-order valence-corrected chi connectivity index (χ3v) is 4.29. The molecule has 0 radical (unpaired) electrons. The molecule has 3 aromatic rings. The van der Waals surface area contributed by atoms with Crippen LogP contribution >= 0.6 is 0 Å². The Morgan fingerprint density at radius 2 is 1.62 bits per heavy atom. The second-order valence-electron chi connectivity index (χ2n) is 6.78. The van der Waals surface area contributed by atoms with E-state index in [1.165, 1.54) is 0 Å². The van der Waals surface area contributed by atoms with E-state index in [2.05, 4.69) is 15.6 Å². The number of pyridine rings is 1. The average molecular weight is 347 g/mol. The Labute approximate surface area is 152 Å². The van der Waals surface area contributed by atoms with E-state index in [9.17, 15) is 9.59 Å². The first-order valence-corrected chi connectivity index (χ1v) is 8.41. The van der Waals surface area contributed by atoms with Crippen molar-refractivity contribution in [1.82, 2.24) is 4.98 Å². The van der Waals surface area contributed by atoms with Gasteiger partial charge < -0.3 is 10.6 Å². The van der Waals surface area contributed by atoms with E-state index in [-0.39, 0.29) is 11.8 Å². The lowest BCUT2D eigenvalue weighted by atomic mass is 9.90. The van der Waals surface area contributed by atoms with Gasteiger partial charge in [0.1, 0.15) is 5.41 Å². The summed E-state index contributed by atoms with van der Waals surface area (Å²) >= 11 is 0. The summed E-state index contributed by atoms with van der Waals surface area (Å²) in [6.07, 6.45) is 1.67. The van der Waals surface area contributed by atoms with E-state index in [1.54, 1.807) is 32.2 Å². The van der Waals surface area contributed by atoms with Crippen LogP contribution in [0.3, 0.4) is 0 Å². The van der Waals surface area contributed by atoms with Crippen molar-refractivity contribution in [3.05, 3.63) is 66.4 Å². The zero-order valence-corrected chi connectivity index (χ0v) is 15.0.